The van der Waals surface area contributed by atoms with Gasteiger partial charge in [0.05, 0.1) is 17.5 Å². The van der Waals surface area contributed by atoms with Crippen molar-refractivity contribution in [2.24, 2.45) is 11.8 Å². The predicted octanol–water partition coefficient (Wildman–Crippen LogP) is 3.50. The topological polar surface area (TPSA) is 69.7 Å². The molecule has 0 aromatic heterocycles. The molecule has 3 amide bonds. The lowest BCUT2D eigenvalue weighted by atomic mass is 9.75. The van der Waals surface area contributed by atoms with Crippen LogP contribution in [0, 0.1) is 25.7 Å². The van der Waals surface area contributed by atoms with Gasteiger partial charge in [0.2, 0.25) is 17.7 Å². The van der Waals surface area contributed by atoms with E-state index in [1.54, 1.807) is 12.1 Å². The monoisotopic (exact) mass is 479 g/mol. The van der Waals surface area contributed by atoms with E-state index in [4.69, 9.17) is 0 Å². The van der Waals surface area contributed by atoms with Crippen molar-refractivity contribution in [2.75, 3.05) is 16.8 Å². The summed E-state index contributed by atoms with van der Waals surface area (Å²) in [5.74, 6) is -1.84. The van der Waals surface area contributed by atoms with Gasteiger partial charge >= 0.3 is 0 Å². The highest BCUT2D eigenvalue weighted by atomic mass is 79.9. The average molecular weight is 480 g/mol. The molecule has 0 saturated carbocycles. The molecule has 6 nitrogen and oxygen atoms in total. The minimum atomic E-state index is -1.12. The first kappa shape index (κ1) is 19.2. The Bertz CT molecular complexity index is 1180. The normalized spacial score (nSPS) is 31.4. The maximum atomic E-state index is 13.9. The van der Waals surface area contributed by atoms with E-state index < -0.39 is 17.4 Å². The van der Waals surface area contributed by atoms with Crippen molar-refractivity contribution in [3.63, 3.8) is 0 Å². The van der Waals surface area contributed by atoms with Crippen molar-refractivity contribution in [2.45, 2.75) is 38.3 Å². The van der Waals surface area contributed by atoms with E-state index in [1.807, 2.05) is 38.1 Å². The molecule has 4 aliphatic heterocycles. The average Bonchev–Trinajstić information content (AvgIpc) is 3.42. The van der Waals surface area contributed by atoms with Crippen LogP contribution in [-0.4, -0.2) is 35.2 Å². The van der Waals surface area contributed by atoms with E-state index >= 15 is 0 Å². The molecule has 4 aliphatic rings. The highest BCUT2D eigenvalue weighted by Gasteiger charge is 2.74. The second-order valence-electron chi connectivity index (χ2n) is 9.12. The van der Waals surface area contributed by atoms with Crippen LogP contribution in [0.4, 0.5) is 11.4 Å². The van der Waals surface area contributed by atoms with Crippen LogP contribution in [0.5, 0.6) is 0 Å². The van der Waals surface area contributed by atoms with Crippen LogP contribution in [0.25, 0.3) is 0 Å². The summed E-state index contributed by atoms with van der Waals surface area (Å²) in [7, 11) is 0. The maximum Gasteiger partial charge on any atom is 0.250 e. The number of aryl methyl sites for hydroxylation is 2. The van der Waals surface area contributed by atoms with Gasteiger partial charge in [0.1, 0.15) is 5.54 Å². The van der Waals surface area contributed by atoms with Gasteiger partial charge in [0.25, 0.3) is 0 Å². The number of anilines is 2. The van der Waals surface area contributed by atoms with Crippen molar-refractivity contribution in [1.29, 1.82) is 0 Å². The first-order chi connectivity index (χ1) is 14.9. The molecule has 0 unspecified atom stereocenters. The van der Waals surface area contributed by atoms with E-state index in [0.717, 1.165) is 46.2 Å². The van der Waals surface area contributed by atoms with Crippen LogP contribution in [0.2, 0.25) is 0 Å². The zero-order valence-corrected chi connectivity index (χ0v) is 18.9. The van der Waals surface area contributed by atoms with Crippen LogP contribution in [0.3, 0.4) is 0 Å². The third kappa shape index (κ3) is 2.23. The summed E-state index contributed by atoms with van der Waals surface area (Å²) in [6.45, 7) is 4.71. The van der Waals surface area contributed by atoms with Crippen molar-refractivity contribution in [3.05, 3.63) is 57.6 Å². The minimum absolute atomic E-state index is 0.0978. The first-order valence-electron chi connectivity index (χ1n) is 10.7. The van der Waals surface area contributed by atoms with Gasteiger partial charge in [-0.15, -0.1) is 0 Å². The number of nitrogens with zero attached hydrogens (tertiary/aromatic N) is 2. The molecular weight excluding hydrogens is 458 g/mol. The number of hydrogen-bond donors (Lipinski definition) is 1. The van der Waals surface area contributed by atoms with E-state index in [2.05, 4.69) is 26.1 Å². The number of rotatable bonds is 1. The fourth-order valence-corrected chi connectivity index (χ4v) is 6.77. The number of hydrogen-bond acceptors (Lipinski definition) is 4. The Kier molecular flexibility index (Phi) is 3.88. The largest absolute Gasteiger partial charge is 0.324 e. The molecule has 158 valence electrons. The molecule has 2 aromatic carbocycles. The van der Waals surface area contributed by atoms with E-state index in [9.17, 15) is 14.4 Å². The molecule has 7 heteroatoms. The van der Waals surface area contributed by atoms with Gasteiger partial charge in [0.15, 0.2) is 0 Å². The van der Waals surface area contributed by atoms with Gasteiger partial charge in [-0.1, -0.05) is 33.6 Å². The highest BCUT2D eigenvalue weighted by Crippen LogP contribution is 2.61. The van der Waals surface area contributed by atoms with Gasteiger partial charge in [-0.2, -0.15) is 0 Å². The lowest BCUT2D eigenvalue weighted by Gasteiger charge is -2.36. The Morgan fingerprint density at radius 1 is 1.06 bits per heavy atom. The van der Waals surface area contributed by atoms with Gasteiger partial charge in [-0.3, -0.25) is 19.3 Å². The fraction of sp³-hybridized carbons (Fsp3) is 0.375. The smallest absolute Gasteiger partial charge is 0.250 e. The molecule has 31 heavy (non-hydrogen) atoms. The summed E-state index contributed by atoms with van der Waals surface area (Å²) < 4.78 is 0.879. The van der Waals surface area contributed by atoms with Crippen molar-refractivity contribution in [3.8, 4) is 0 Å². The molecule has 3 saturated heterocycles. The molecule has 6 rings (SSSR count). The molecule has 4 atom stereocenters. The molecule has 0 aliphatic carbocycles. The van der Waals surface area contributed by atoms with Gasteiger partial charge in [-0.25, -0.2) is 4.90 Å². The van der Waals surface area contributed by atoms with Crippen molar-refractivity contribution < 1.29 is 14.4 Å². The Labute approximate surface area is 188 Å². The Morgan fingerprint density at radius 2 is 1.81 bits per heavy atom. The summed E-state index contributed by atoms with van der Waals surface area (Å²) >= 11 is 3.41. The summed E-state index contributed by atoms with van der Waals surface area (Å²) in [6, 6.07) is 11.2. The Morgan fingerprint density at radius 3 is 2.55 bits per heavy atom. The van der Waals surface area contributed by atoms with Crippen molar-refractivity contribution in [1.82, 2.24) is 4.90 Å². The number of fused-ring (bicyclic) bond motifs is 7. The molecule has 1 N–H and O–H groups in total. The lowest BCUT2D eigenvalue weighted by Crippen LogP contribution is -2.54. The van der Waals surface area contributed by atoms with Crippen LogP contribution in [0.1, 0.15) is 29.5 Å². The Hall–Kier alpha value is -2.51. The van der Waals surface area contributed by atoms with Gasteiger partial charge in [-0.05, 0) is 63.1 Å². The quantitative estimate of drug-likeness (QED) is 0.635. The summed E-state index contributed by atoms with van der Waals surface area (Å²) in [5.41, 5.74) is 3.13. The number of halogens is 1. The van der Waals surface area contributed by atoms with Gasteiger partial charge < -0.3 is 5.32 Å². The second kappa shape index (κ2) is 6.26. The zero-order chi connectivity index (χ0) is 21.7. The minimum Gasteiger partial charge on any atom is -0.324 e. The van der Waals surface area contributed by atoms with Crippen LogP contribution >= 0.6 is 15.9 Å². The highest BCUT2D eigenvalue weighted by molar-refractivity contribution is 9.10. The maximum absolute atomic E-state index is 13.9. The van der Waals surface area contributed by atoms with E-state index in [-0.39, 0.29) is 23.8 Å². The third-order valence-electron chi connectivity index (χ3n) is 7.53. The van der Waals surface area contributed by atoms with Crippen LogP contribution in [0.15, 0.2) is 40.9 Å². The summed E-state index contributed by atoms with van der Waals surface area (Å²) in [4.78, 5) is 44.7. The summed E-state index contributed by atoms with van der Waals surface area (Å²) in [6.07, 6.45) is 1.74. The Balaban J connectivity index is 1.57. The van der Waals surface area contributed by atoms with Crippen LogP contribution < -0.4 is 10.2 Å². The van der Waals surface area contributed by atoms with E-state index in [0.29, 0.717) is 5.69 Å². The molecule has 0 bridgehead atoms. The van der Waals surface area contributed by atoms with E-state index in [1.165, 1.54) is 4.90 Å². The predicted molar refractivity (Wildman–Crippen MR) is 120 cm³/mol. The SMILES string of the molecule is Cc1cc(C)c2c(c1)[C@@]1(C(=O)N2)[C@@H]2C(=O)N(c3ccc(Br)cc3)C(=O)[C@@H]2[C@H]2CCCN21. The first-order valence-corrected chi connectivity index (χ1v) is 11.5. The van der Waals surface area contributed by atoms with Gasteiger partial charge in [0, 0.05) is 21.8 Å². The summed E-state index contributed by atoms with van der Waals surface area (Å²) in [5, 5.41) is 3.08. The van der Waals surface area contributed by atoms with Crippen molar-refractivity contribution >= 4 is 45.0 Å². The number of carbonyl (C=O) groups excluding carboxylic acids is 3. The standard InChI is InChI=1S/C24H22BrN3O3/c1-12-10-13(2)20-16(11-12)24(23(31)26-20)19-18(17-4-3-9-27(17)24)21(29)28(22(19)30)15-7-5-14(25)6-8-15/h5-8,10-11,17-19H,3-4,9H2,1-2H3,(H,26,31)/t17-,18-,19+,24+/m1/s1. The second-order valence-corrected chi connectivity index (χ2v) is 10.0. The zero-order valence-electron chi connectivity index (χ0n) is 17.3. The number of carbonyl (C=O) groups is 3. The molecule has 2 aromatic rings. The molecule has 4 heterocycles. The fourth-order valence-electron chi connectivity index (χ4n) is 6.50. The molecular formula is C24H22BrN3O3. The molecule has 3 fully saturated rings. The third-order valence-corrected chi connectivity index (χ3v) is 8.06. The number of benzene rings is 2. The molecule has 1 spiro atoms. The molecule has 0 radical (unpaired) electrons. The lowest BCUT2D eigenvalue weighted by molar-refractivity contribution is -0.135. The number of imide groups is 1. The van der Waals surface area contributed by atoms with Crippen LogP contribution in [-0.2, 0) is 19.9 Å². The number of amides is 3. The number of nitrogens with one attached hydrogen (secondary N) is 1.